The van der Waals surface area contributed by atoms with Gasteiger partial charge in [0.2, 0.25) is 0 Å². The smallest absolute Gasteiger partial charge is 0.125 e. The number of nitrogens with zero attached hydrogens (tertiary/aromatic N) is 2. The Balaban J connectivity index is 1.98. The van der Waals surface area contributed by atoms with E-state index in [0.717, 1.165) is 12.2 Å². The molecule has 0 spiro atoms. The molecule has 3 heteroatoms. The lowest BCUT2D eigenvalue weighted by molar-refractivity contribution is 0.0588. The first-order valence-electron chi connectivity index (χ1n) is 4.52. The molecule has 1 aliphatic heterocycles. The Kier molecular flexibility index (Phi) is 2.27. The summed E-state index contributed by atoms with van der Waals surface area (Å²) in [5, 5.41) is 0. The zero-order chi connectivity index (χ0) is 9.26. The number of halogens is 1. The van der Waals surface area contributed by atoms with Crippen LogP contribution in [0.3, 0.4) is 0 Å². The highest BCUT2D eigenvalue weighted by Crippen LogP contribution is 2.16. The predicted octanol–water partition coefficient (Wildman–Crippen LogP) is 1.54. The molecule has 1 fully saturated rings. The number of alkyl halides is 1. The zero-order valence-electron chi connectivity index (χ0n) is 7.70. The number of aryl methyl sites for hydroxylation is 1. The average molecular weight is 180 g/mol. The fraction of sp³-hybridized carbons (Fsp3) is 0.500. The summed E-state index contributed by atoms with van der Waals surface area (Å²) in [6.45, 7) is 3.98. The van der Waals surface area contributed by atoms with Crippen molar-refractivity contribution in [2.24, 2.45) is 0 Å². The van der Waals surface area contributed by atoms with Crippen LogP contribution in [0.5, 0.6) is 0 Å². The van der Waals surface area contributed by atoms with Gasteiger partial charge in [-0.25, -0.2) is 4.39 Å². The third-order valence-corrected chi connectivity index (χ3v) is 2.42. The number of hydrogen-bond acceptors (Lipinski definition) is 2. The Morgan fingerprint density at radius 3 is 3.00 bits per heavy atom. The number of likely N-dealkylation sites (tertiary alicyclic amines) is 1. The summed E-state index contributed by atoms with van der Waals surface area (Å²) >= 11 is 0. The molecule has 0 aromatic carbocycles. The SMILES string of the molecule is Cc1ncccc1CN1CC(F)C1. The fourth-order valence-electron chi connectivity index (χ4n) is 1.56. The second kappa shape index (κ2) is 3.42. The van der Waals surface area contributed by atoms with Crippen molar-refractivity contribution in [3.63, 3.8) is 0 Å². The molecule has 70 valence electrons. The molecule has 2 nitrogen and oxygen atoms in total. The Hall–Kier alpha value is -0.960. The highest BCUT2D eigenvalue weighted by Gasteiger charge is 2.25. The minimum Gasteiger partial charge on any atom is -0.293 e. The number of pyridine rings is 1. The minimum atomic E-state index is -0.614. The number of rotatable bonds is 2. The monoisotopic (exact) mass is 180 g/mol. The minimum absolute atomic E-state index is 0.578. The van der Waals surface area contributed by atoms with Crippen molar-refractivity contribution < 1.29 is 4.39 Å². The van der Waals surface area contributed by atoms with Gasteiger partial charge in [0.05, 0.1) is 0 Å². The van der Waals surface area contributed by atoms with Gasteiger partial charge in [0.1, 0.15) is 6.17 Å². The quantitative estimate of drug-likeness (QED) is 0.686. The standard InChI is InChI=1S/C10H13FN2/c1-8-9(3-2-4-12-8)5-13-6-10(11)7-13/h2-4,10H,5-7H2,1H3. The van der Waals surface area contributed by atoms with Crippen LogP contribution in [-0.4, -0.2) is 29.1 Å². The van der Waals surface area contributed by atoms with Gasteiger partial charge in [-0.3, -0.25) is 9.88 Å². The summed E-state index contributed by atoms with van der Waals surface area (Å²) in [7, 11) is 0. The van der Waals surface area contributed by atoms with Crippen molar-refractivity contribution in [2.75, 3.05) is 13.1 Å². The van der Waals surface area contributed by atoms with Gasteiger partial charge in [0, 0.05) is 31.5 Å². The zero-order valence-corrected chi connectivity index (χ0v) is 7.70. The van der Waals surface area contributed by atoms with Crippen LogP contribution in [-0.2, 0) is 6.54 Å². The van der Waals surface area contributed by atoms with Crippen LogP contribution in [0, 0.1) is 6.92 Å². The first kappa shape index (κ1) is 8.63. The maximum Gasteiger partial charge on any atom is 0.125 e. The lowest BCUT2D eigenvalue weighted by Gasteiger charge is -2.34. The van der Waals surface area contributed by atoms with Crippen LogP contribution in [0.1, 0.15) is 11.3 Å². The molecule has 1 aromatic heterocycles. The highest BCUT2D eigenvalue weighted by atomic mass is 19.1. The van der Waals surface area contributed by atoms with Crippen LogP contribution in [0.25, 0.3) is 0 Å². The largest absolute Gasteiger partial charge is 0.293 e. The second-order valence-electron chi connectivity index (χ2n) is 3.54. The highest BCUT2D eigenvalue weighted by molar-refractivity contribution is 5.18. The molecule has 0 unspecified atom stereocenters. The molecule has 0 amide bonds. The molecule has 0 atom stereocenters. The maximum atomic E-state index is 12.5. The molecule has 0 aliphatic carbocycles. The molecule has 0 bridgehead atoms. The predicted molar refractivity (Wildman–Crippen MR) is 49.1 cm³/mol. The molecule has 0 saturated carbocycles. The number of aromatic nitrogens is 1. The maximum absolute atomic E-state index is 12.5. The third-order valence-electron chi connectivity index (χ3n) is 2.42. The summed E-state index contributed by atoms with van der Waals surface area (Å²) in [6, 6.07) is 3.98. The second-order valence-corrected chi connectivity index (χ2v) is 3.54. The summed E-state index contributed by atoms with van der Waals surface area (Å²) in [4.78, 5) is 6.28. The Bertz CT molecular complexity index is 295. The van der Waals surface area contributed by atoms with Gasteiger partial charge in [-0.15, -0.1) is 0 Å². The summed E-state index contributed by atoms with van der Waals surface area (Å²) in [5.41, 5.74) is 2.25. The van der Waals surface area contributed by atoms with Gasteiger partial charge in [0.15, 0.2) is 0 Å². The molecule has 0 radical (unpaired) electrons. The van der Waals surface area contributed by atoms with E-state index < -0.39 is 6.17 Å². The van der Waals surface area contributed by atoms with E-state index in [-0.39, 0.29) is 0 Å². The van der Waals surface area contributed by atoms with E-state index in [0.29, 0.717) is 13.1 Å². The molecule has 1 aromatic rings. The van der Waals surface area contributed by atoms with Crippen molar-refractivity contribution in [1.29, 1.82) is 0 Å². The molecular formula is C10H13FN2. The van der Waals surface area contributed by atoms with E-state index in [9.17, 15) is 4.39 Å². The lowest BCUT2D eigenvalue weighted by Crippen LogP contribution is -2.47. The van der Waals surface area contributed by atoms with Crippen molar-refractivity contribution >= 4 is 0 Å². The molecule has 2 rings (SSSR count). The summed E-state index contributed by atoms with van der Waals surface area (Å²) in [5.74, 6) is 0. The van der Waals surface area contributed by atoms with Crippen molar-refractivity contribution in [3.05, 3.63) is 29.6 Å². The summed E-state index contributed by atoms with van der Waals surface area (Å²) < 4.78 is 12.5. The van der Waals surface area contributed by atoms with E-state index in [1.54, 1.807) is 6.20 Å². The first-order valence-corrected chi connectivity index (χ1v) is 4.52. The first-order chi connectivity index (χ1) is 6.25. The van der Waals surface area contributed by atoms with Gasteiger partial charge < -0.3 is 0 Å². The molecule has 13 heavy (non-hydrogen) atoms. The Labute approximate surface area is 77.4 Å². The van der Waals surface area contributed by atoms with Crippen LogP contribution in [0.2, 0.25) is 0 Å². The van der Waals surface area contributed by atoms with Crippen LogP contribution in [0.15, 0.2) is 18.3 Å². The average Bonchev–Trinajstić information content (AvgIpc) is 2.06. The topological polar surface area (TPSA) is 16.1 Å². The van der Waals surface area contributed by atoms with Crippen LogP contribution in [0.4, 0.5) is 4.39 Å². The van der Waals surface area contributed by atoms with Crippen molar-refractivity contribution in [1.82, 2.24) is 9.88 Å². The lowest BCUT2D eigenvalue weighted by atomic mass is 10.1. The van der Waals surface area contributed by atoms with Crippen LogP contribution < -0.4 is 0 Å². The number of hydrogen-bond donors (Lipinski definition) is 0. The third kappa shape index (κ3) is 1.86. The van der Waals surface area contributed by atoms with E-state index in [1.807, 2.05) is 19.1 Å². The molecular weight excluding hydrogens is 167 g/mol. The van der Waals surface area contributed by atoms with Gasteiger partial charge in [-0.2, -0.15) is 0 Å². The molecule has 0 N–H and O–H groups in total. The van der Waals surface area contributed by atoms with Crippen molar-refractivity contribution in [2.45, 2.75) is 19.6 Å². The van der Waals surface area contributed by atoms with Gasteiger partial charge >= 0.3 is 0 Å². The van der Waals surface area contributed by atoms with E-state index >= 15 is 0 Å². The normalized spacial score (nSPS) is 18.6. The molecule has 1 saturated heterocycles. The van der Waals surface area contributed by atoms with Gasteiger partial charge in [-0.05, 0) is 18.6 Å². The van der Waals surface area contributed by atoms with Gasteiger partial charge in [0.25, 0.3) is 0 Å². The Morgan fingerprint density at radius 1 is 1.62 bits per heavy atom. The van der Waals surface area contributed by atoms with E-state index in [2.05, 4.69) is 9.88 Å². The van der Waals surface area contributed by atoms with Crippen LogP contribution >= 0.6 is 0 Å². The van der Waals surface area contributed by atoms with Gasteiger partial charge in [-0.1, -0.05) is 6.07 Å². The summed E-state index contributed by atoms with van der Waals surface area (Å²) in [6.07, 6.45) is 1.17. The van der Waals surface area contributed by atoms with E-state index in [1.165, 1.54) is 5.56 Å². The van der Waals surface area contributed by atoms with Crippen molar-refractivity contribution in [3.8, 4) is 0 Å². The van der Waals surface area contributed by atoms with E-state index in [4.69, 9.17) is 0 Å². The fourth-order valence-corrected chi connectivity index (χ4v) is 1.56. The molecule has 1 aliphatic rings. The molecule has 2 heterocycles. The Morgan fingerprint density at radius 2 is 2.38 bits per heavy atom.